The van der Waals surface area contributed by atoms with Crippen LogP contribution in [0.1, 0.15) is 32.4 Å². The lowest BCUT2D eigenvalue weighted by molar-refractivity contribution is -0.148. The van der Waals surface area contributed by atoms with E-state index in [-0.39, 0.29) is 23.3 Å². The Morgan fingerprint density at radius 3 is 2.55 bits per heavy atom. The number of rotatable bonds is 4. The second-order valence-corrected chi connectivity index (χ2v) is 9.09. The van der Waals surface area contributed by atoms with Gasteiger partial charge in [-0.25, -0.2) is 0 Å². The molecule has 2 unspecified atom stereocenters. The highest BCUT2D eigenvalue weighted by molar-refractivity contribution is 7.86. The minimum atomic E-state index is -0.985. The Kier molecular flexibility index (Phi) is 5.64. The minimum Gasteiger partial charge on any atom is -0.369 e. The van der Waals surface area contributed by atoms with Crippen molar-refractivity contribution < 1.29 is 13.7 Å². The van der Waals surface area contributed by atoms with Gasteiger partial charge in [-0.2, -0.15) is 0 Å². The SMILES string of the molecule is CC(C)(C)S(=O)CCN1C(=O)COCC1c1ccc(Cl)cc1. The molecule has 2 rings (SSSR count). The summed E-state index contributed by atoms with van der Waals surface area (Å²) in [5.74, 6) is 0.413. The van der Waals surface area contributed by atoms with Gasteiger partial charge in [-0.05, 0) is 38.5 Å². The van der Waals surface area contributed by atoms with Crippen molar-refractivity contribution in [1.29, 1.82) is 0 Å². The Labute approximate surface area is 139 Å². The molecule has 1 aliphatic rings. The molecular weight excluding hydrogens is 322 g/mol. The third-order valence-corrected chi connectivity index (χ3v) is 5.82. The molecule has 1 heterocycles. The molecule has 1 aromatic carbocycles. The zero-order valence-corrected chi connectivity index (χ0v) is 14.7. The largest absolute Gasteiger partial charge is 0.369 e. The lowest BCUT2D eigenvalue weighted by atomic mass is 10.0. The average molecular weight is 344 g/mol. The van der Waals surface area contributed by atoms with Gasteiger partial charge in [0.15, 0.2) is 0 Å². The van der Waals surface area contributed by atoms with Gasteiger partial charge in [-0.3, -0.25) is 9.00 Å². The molecule has 0 radical (unpaired) electrons. The molecule has 22 heavy (non-hydrogen) atoms. The van der Waals surface area contributed by atoms with E-state index in [1.54, 1.807) is 4.90 Å². The summed E-state index contributed by atoms with van der Waals surface area (Å²) in [5, 5.41) is 0.659. The standard InChI is InChI=1S/C16H22ClNO3S/c1-16(2,3)22(20)9-8-18-14(10-21-11-15(18)19)12-4-6-13(17)7-5-12/h4-7,14H,8-11H2,1-3H3. The number of carbonyl (C=O) groups excluding carboxylic acids is 1. The summed E-state index contributed by atoms with van der Waals surface area (Å²) in [6, 6.07) is 7.28. The van der Waals surface area contributed by atoms with Crippen molar-refractivity contribution in [1.82, 2.24) is 4.90 Å². The highest BCUT2D eigenvalue weighted by Crippen LogP contribution is 2.26. The summed E-state index contributed by atoms with van der Waals surface area (Å²) >= 11 is 5.92. The number of halogens is 1. The van der Waals surface area contributed by atoms with Crippen LogP contribution in [0, 0.1) is 0 Å². The molecule has 0 N–H and O–H groups in total. The molecule has 1 amide bonds. The molecular formula is C16H22ClNO3S. The number of hydrogen-bond acceptors (Lipinski definition) is 3. The van der Waals surface area contributed by atoms with Crippen molar-refractivity contribution in [2.45, 2.75) is 31.6 Å². The van der Waals surface area contributed by atoms with E-state index in [1.807, 2.05) is 45.0 Å². The first-order valence-corrected chi connectivity index (χ1v) is 9.00. The van der Waals surface area contributed by atoms with Crippen LogP contribution < -0.4 is 0 Å². The second-order valence-electron chi connectivity index (χ2n) is 6.33. The monoisotopic (exact) mass is 343 g/mol. The van der Waals surface area contributed by atoms with E-state index >= 15 is 0 Å². The van der Waals surface area contributed by atoms with E-state index in [9.17, 15) is 9.00 Å². The predicted octanol–water partition coefficient (Wildman–Crippen LogP) is 2.79. The summed E-state index contributed by atoms with van der Waals surface area (Å²) in [7, 11) is -0.985. The third-order valence-electron chi connectivity index (χ3n) is 3.65. The third kappa shape index (κ3) is 4.31. The first kappa shape index (κ1) is 17.4. The highest BCUT2D eigenvalue weighted by atomic mass is 35.5. The molecule has 1 aromatic rings. The van der Waals surface area contributed by atoms with Crippen LogP contribution in [0.25, 0.3) is 0 Å². The summed E-state index contributed by atoms with van der Waals surface area (Å²) in [5.41, 5.74) is 0.985. The van der Waals surface area contributed by atoms with Gasteiger partial charge in [0.2, 0.25) is 5.91 Å². The van der Waals surface area contributed by atoms with Crippen molar-refractivity contribution >= 4 is 28.3 Å². The fourth-order valence-corrected chi connectivity index (χ4v) is 3.43. The molecule has 6 heteroatoms. The summed E-state index contributed by atoms with van der Waals surface area (Å²) in [6.07, 6.45) is 0. The Morgan fingerprint density at radius 2 is 1.95 bits per heavy atom. The van der Waals surface area contributed by atoms with Gasteiger partial charge in [0, 0.05) is 32.9 Å². The zero-order valence-electron chi connectivity index (χ0n) is 13.2. The maximum Gasteiger partial charge on any atom is 0.249 e. The molecule has 1 saturated heterocycles. The van der Waals surface area contributed by atoms with Crippen LogP contribution in [0.4, 0.5) is 0 Å². The van der Waals surface area contributed by atoms with Gasteiger partial charge < -0.3 is 9.64 Å². The lowest BCUT2D eigenvalue weighted by Crippen LogP contribution is -2.46. The lowest BCUT2D eigenvalue weighted by Gasteiger charge is -2.36. The molecule has 1 fully saturated rings. The molecule has 0 bridgehead atoms. The number of nitrogens with zero attached hydrogens (tertiary/aromatic N) is 1. The predicted molar refractivity (Wildman–Crippen MR) is 89.5 cm³/mol. The molecule has 2 atom stereocenters. The van der Waals surface area contributed by atoms with Crippen molar-refractivity contribution in [3.63, 3.8) is 0 Å². The van der Waals surface area contributed by atoms with Crippen molar-refractivity contribution in [3.8, 4) is 0 Å². The number of amides is 1. The maximum absolute atomic E-state index is 12.2. The van der Waals surface area contributed by atoms with E-state index in [0.717, 1.165) is 5.56 Å². The fourth-order valence-electron chi connectivity index (χ4n) is 2.33. The van der Waals surface area contributed by atoms with Crippen molar-refractivity contribution in [2.75, 3.05) is 25.5 Å². The first-order valence-electron chi connectivity index (χ1n) is 7.30. The van der Waals surface area contributed by atoms with Crippen LogP contribution in [0.15, 0.2) is 24.3 Å². The Balaban J connectivity index is 2.12. The number of hydrogen-bond donors (Lipinski definition) is 0. The molecule has 122 valence electrons. The van der Waals surface area contributed by atoms with Crippen LogP contribution in [0.5, 0.6) is 0 Å². The van der Waals surface area contributed by atoms with E-state index in [0.29, 0.717) is 23.9 Å². The van der Waals surface area contributed by atoms with Gasteiger partial charge in [0.1, 0.15) is 6.61 Å². The van der Waals surface area contributed by atoms with Crippen LogP contribution in [-0.4, -0.2) is 45.3 Å². The number of benzene rings is 1. The van der Waals surface area contributed by atoms with E-state index < -0.39 is 10.8 Å². The number of morpholine rings is 1. The quantitative estimate of drug-likeness (QED) is 0.844. The number of carbonyl (C=O) groups is 1. The molecule has 0 aromatic heterocycles. The smallest absolute Gasteiger partial charge is 0.249 e. The van der Waals surface area contributed by atoms with E-state index in [2.05, 4.69) is 0 Å². The van der Waals surface area contributed by atoms with Crippen LogP contribution in [-0.2, 0) is 20.3 Å². The fraction of sp³-hybridized carbons (Fsp3) is 0.562. The Hall–Kier alpha value is -0.910. The maximum atomic E-state index is 12.2. The van der Waals surface area contributed by atoms with Crippen LogP contribution in [0.2, 0.25) is 5.02 Å². The van der Waals surface area contributed by atoms with E-state index in [1.165, 1.54) is 0 Å². The highest BCUT2D eigenvalue weighted by Gasteiger charge is 2.31. The molecule has 0 spiro atoms. The van der Waals surface area contributed by atoms with Crippen molar-refractivity contribution in [2.24, 2.45) is 0 Å². The summed E-state index contributed by atoms with van der Waals surface area (Å²) < 4.78 is 17.3. The number of ether oxygens (including phenoxy) is 1. The van der Waals surface area contributed by atoms with Gasteiger partial charge in [-0.15, -0.1) is 0 Å². The zero-order chi connectivity index (χ0) is 16.3. The van der Waals surface area contributed by atoms with Gasteiger partial charge >= 0.3 is 0 Å². The summed E-state index contributed by atoms with van der Waals surface area (Å²) in [4.78, 5) is 14.0. The molecule has 0 saturated carbocycles. The minimum absolute atomic E-state index is 0.0582. The first-order chi connectivity index (χ1) is 10.3. The van der Waals surface area contributed by atoms with E-state index in [4.69, 9.17) is 16.3 Å². The van der Waals surface area contributed by atoms with Crippen molar-refractivity contribution in [3.05, 3.63) is 34.9 Å². The van der Waals surface area contributed by atoms with Gasteiger partial charge in [-0.1, -0.05) is 23.7 Å². The molecule has 1 aliphatic heterocycles. The average Bonchev–Trinajstić information content (AvgIpc) is 2.45. The summed E-state index contributed by atoms with van der Waals surface area (Å²) in [6.45, 7) is 6.85. The second kappa shape index (κ2) is 7.11. The van der Waals surface area contributed by atoms with Crippen LogP contribution in [0.3, 0.4) is 0 Å². The van der Waals surface area contributed by atoms with Gasteiger partial charge in [0.25, 0.3) is 0 Å². The van der Waals surface area contributed by atoms with Gasteiger partial charge in [0.05, 0.1) is 12.6 Å². The van der Waals surface area contributed by atoms with Crippen LogP contribution >= 0.6 is 11.6 Å². The topological polar surface area (TPSA) is 46.6 Å². The Morgan fingerprint density at radius 1 is 1.32 bits per heavy atom. The molecule has 0 aliphatic carbocycles. The normalized spacial score (nSPS) is 21.0. The molecule has 4 nitrogen and oxygen atoms in total. The Bertz CT molecular complexity index is 554.